The van der Waals surface area contributed by atoms with E-state index in [1.54, 1.807) is 32.2 Å². The number of methoxy groups -OCH3 is 1. The molecule has 0 aliphatic carbocycles. The lowest BCUT2D eigenvalue weighted by atomic mass is 10.0. The van der Waals surface area contributed by atoms with E-state index in [1.807, 2.05) is 66.7 Å². The standard InChI is InChI=1S/C28H28N2O5S/c1-19(2)27(28(31)34-3)30(36(32)33)23-12-8-20(9-13-23)21-10-14-24(15-11-21)35-18-22-16-17-29-26-7-5-4-6-25(22)26/h4-17,19,27H,18H2,1-3H3,(H,32,33)/p-1. The molecule has 1 aromatic heterocycles. The van der Waals surface area contributed by atoms with E-state index in [-0.39, 0.29) is 5.92 Å². The molecule has 2 unspecified atom stereocenters. The van der Waals surface area contributed by atoms with Gasteiger partial charge in [0.05, 0.1) is 12.6 Å². The van der Waals surface area contributed by atoms with Gasteiger partial charge in [0, 0.05) is 34.1 Å². The molecule has 3 aromatic carbocycles. The van der Waals surface area contributed by atoms with Crippen LogP contribution in [0.15, 0.2) is 85.1 Å². The molecule has 36 heavy (non-hydrogen) atoms. The maximum atomic E-state index is 12.2. The molecule has 4 rings (SSSR count). The van der Waals surface area contributed by atoms with E-state index in [2.05, 4.69) is 4.98 Å². The molecule has 0 bridgehead atoms. The Morgan fingerprint density at radius 2 is 1.61 bits per heavy atom. The molecule has 186 valence electrons. The van der Waals surface area contributed by atoms with E-state index < -0.39 is 23.3 Å². The van der Waals surface area contributed by atoms with Crippen LogP contribution in [0.1, 0.15) is 19.4 Å². The van der Waals surface area contributed by atoms with Gasteiger partial charge in [-0.2, -0.15) is 0 Å². The molecular formula is C28H27N2O5S-. The van der Waals surface area contributed by atoms with E-state index in [1.165, 1.54) is 7.11 Å². The number of carbonyl (C=O) groups is 1. The van der Waals surface area contributed by atoms with Crippen LogP contribution in [0.4, 0.5) is 5.69 Å². The number of aromatic nitrogens is 1. The first-order valence-corrected chi connectivity index (χ1v) is 12.5. The lowest BCUT2D eigenvalue weighted by Gasteiger charge is -2.35. The van der Waals surface area contributed by atoms with Crippen molar-refractivity contribution in [3.63, 3.8) is 0 Å². The van der Waals surface area contributed by atoms with Crippen LogP contribution >= 0.6 is 0 Å². The summed E-state index contributed by atoms with van der Waals surface area (Å²) in [6.07, 6.45) is 1.78. The third-order valence-corrected chi connectivity index (χ3v) is 6.69. The molecular weight excluding hydrogens is 476 g/mol. The van der Waals surface area contributed by atoms with Gasteiger partial charge in [-0.25, -0.2) is 4.79 Å². The molecule has 0 fully saturated rings. The first kappa shape index (κ1) is 25.3. The van der Waals surface area contributed by atoms with E-state index in [0.29, 0.717) is 12.3 Å². The Balaban J connectivity index is 1.48. The summed E-state index contributed by atoms with van der Waals surface area (Å²) < 4.78 is 35.9. The predicted octanol–water partition coefficient (Wildman–Crippen LogP) is 5.28. The minimum Gasteiger partial charge on any atom is -0.755 e. The monoisotopic (exact) mass is 503 g/mol. The van der Waals surface area contributed by atoms with Crippen molar-refractivity contribution in [1.29, 1.82) is 0 Å². The topological polar surface area (TPSA) is 91.8 Å². The van der Waals surface area contributed by atoms with Crippen molar-refractivity contribution >= 4 is 33.8 Å². The number of hydrogen-bond acceptors (Lipinski definition) is 6. The van der Waals surface area contributed by atoms with Gasteiger partial charge in [-0.3, -0.25) is 13.5 Å². The zero-order valence-electron chi connectivity index (χ0n) is 20.3. The van der Waals surface area contributed by atoms with Crippen molar-refractivity contribution in [2.45, 2.75) is 26.5 Å². The van der Waals surface area contributed by atoms with E-state index in [9.17, 15) is 13.6 Å². The number of ether oxygens (including phenoxy) is 2. The lowest BCUT2D eigenvalue weighted by Crippen LogP contribution is -2.46. The summed E-state index contributed by atoms with van der Waals surface area (Å²) in [5.74, 6) is -0.136. The second kappa shape index (κ2) is 11.3. The fourth-order valence-corrected chi connectivity index (χ4v) is 4.89. The lowest BCUT2D eigenvalue weighted by molar-refractivity contribution is -0.142. The first-order chi connectivity index (χ1) is 17.4. The molecule has 8 heteroatoms. The van der Waals surface area contributed by atoms with E-state index in [4.69, 9.17) is 9.47 Å². The Kier molecular flexibility index (Phi) is 7.97. The highest BCUT2D eigenvalue weighted by Gasteiger charge is 2.31. The van der Waals surface area contributed by atoms with Crippen LogP contribution in [0.3, 0.4) is 0 Å². The van der Waals surface area contributed by atoms with Gasteiger partial charge in [-0.05, 0) is 53.4 Å². The highest BCUT2D eigenvalue weighted by molar-refractivity contribution is 7.80. The highest BCUT2D eigenvalue weighted by Crippen LogP contribution is 2.29. The van der Waals surface area contributed by atoms with Crippen LogP contribution in [0.5, 0.6) is 5.75 Å². The van der Waals surface area contributed by atoms with Crippen molar-refractivity contribution in [2.75, 3.05) is 11.4 Å². The summed E-state index contributed by atoms with van der Waals surface area (Å²) >= 11 is -2.65. The Morgan fingerprint density at radius 1 is 0.972 bits per heavy atom. The summed E-state index contributed by atoms with van der Waals surface area (Å²) in [5.41, 5.74) is 4.24. The summed E-state index contributed by atoms with van der Waals surface area (Å²) in [4.78, 5) is 16.6. The zero-order valence-corrected chi connectivity index (χ0v) is 21.1. The second-order valence-electron chi connectivity index (χ2n) is 8.60. The maximum Gasteiger partial charge on any atom is 0.329 e. The summed E-state index contributed by atoms with van der Waals surface area (Å²) in [6, 6.07) is 23.7. The number of fused-ring (bicyclic) bond motifs is 1. The Labute approximate surface area is 213 Å². The van der Waals surface area contributed by atoms with Crippen LogP contribution in [0.2, 0.25) is 0 Å². The number of nitrogens with zero attached hydrogens (tertiary/aromatic N) is 2. The third kappa shape index (κ3) is 5.56. The van der Waals surface area contributed by atoms with E-state index in [0.717, 1.165) is 37.6 Å². The average molecular weight is 504 g/mol. The van der Waals surface area contributed by atoms with Gasteiger partial charge >= 0.3 is 5.97 Å². The fraction of sp³-hybridized carbons (Fsp3) is 0.214. The van der Waals surface area contributed by atoms with Gasteiger partial charge in [0.2, 0.25) is 0 Å². The average Bonchev–Trinajstić information content (AvgIpc) is 2.90. The number of rotatable bonds is 9. The SMILES string of the molecule is COC(=O)C(C(C)C)N(c1ccc(-c2ccc(OCc3ccnc4ccccc34)cc2)cc1)S(=O)[O-]. The van der Waals surface area contributed by atoms with Crippen molar-refractivity contribution in [3.8, 4) is 16.9 Å². The molecule has 0 saturated heterocycles. The molecule has 0 aliphatic rings. The number of anilines is 1. The minimum absolute atomic E-state index is 0.271. The number of carbonyl (C=O) groups excluding carboxylic acids is 1. The smallest absolute Gasteiger partial charge is 0.329 e. The number of para-hydroxylation sites is 1. The van der Waals surface area contributed by atoms with Gasteiger partial charge < -0.3 is 14.0 Å². The Hall–Kier alpha value is -3.75. The van der Waals surface area contributed by atoms with Crippen LogP contribution in [-0.2, 0) is 27.4 Å². The van der Waals surface area contributed by atoms with Crippen LogP contribution in [0, 0.1) is 5.92 Å². The maximum absolute atomic E-state index is 12.2. The largest absolute Gasteiger partial charge is 0.755 e. The number of esters is 1. The number of benzene rings is 3. The molecule has 1 heterocycles. The van der Waals surface area contributed by atoms with Crippen molar-refractivity contribution in [3.05, 3.63) is 90.6 Å². The van der Waals surface area contributed by atoms with Crippen LogP contribution in [0.25, 0.3) is 22.0 Å². The summed E-state index contributed by atoms with van der Waals surface area (Å²) in [5, 5.41) is 1.07. The molecule has 4 aromatic rings. The van der Waals surface area contributed by atoms with Crippen LogP contribution in [-0.4, -0.2) is 32.9 Å². The summed E-state index contributed by atoms with van der Waals surface area (Å²) in [7, 11) is 1.25. The van der Waals surface area contributed by atoms with Gasteiger partial charge in [-0.1, -0.05) is 56.3 Å². The summed E-state index contributed by atoms with van der Waals surface area (Å²) in [6.45, 7) is 3.98. The van der Waals surface area contributed by atoms with Crippen molar-refractivity contribution < 1.29 is 23.0 Å². The Bertz CT molecular complexity index is 1350. The predicted molar refractivity (Wildman–Crippen MR) is 140 cm³/mol. The zero-order chi connectivity index (χ0) is 25.7. The quantitative estimate of drug-likeness (QED) is 0.228. The van der Waals surface area contributed by atoms with Crippen molar-refractivity contribution in [2.24, 2.45) is 5.92 Å². The van der Waals surface area contributed by atoms with E-state index >= 15 is 0 Å². The molecule has 0 radical (unpaired) electrons. The molecule has 0 spiro atoms. The first-order valence-electron chi connectivity index (χ1n) is 11.5. The minimum atomic E-state index is -2.65. The second-order valence-corrected chi connectivity index (χ2v) is 9.43. The number of pyridine rings is 1. The molecule has 0 aliphatic heterocycles. The van der Waals surface area contributed by atoms with Crippen molar-refractivity contribution in [1.82, 2.24) is 4.98 Å². The van der Waals surface area contributed by atoms with Gasteiger partial charge in [0.1, 0.15) is 18.4 Å². The Morgan fingerprint density at radius 3 is 2.22 bits per heavy atom. The molecule has 0 N–H and O–H groups in total. The normalized spacial score (nSPS) is 12.8. The molecule has 0 saturated carbocycles. The molecule has 7 nitrogen and oxygen atoms in total. The van der Waals surface area contributed by atoms with Gasteiger partial charge in [0.15, 0.2) is 0 Å². The molecule has 2 atom stereocenters. The van der Waals surface area contributed by atoms with Gasteiger partial charge in [0.25, 0.3) is 0 Å². The fourth-order valence-electron chi connectivity index (χ4n) is 4.09. The molecule has 0 amide bonds. The third-order valence-electron chi connectivity index (χ3n) is 5.93. The van der Waals surface area contributed by atoms with Gasteiger partial charge in [-0.15, -0.1) is 0 Å². The number of hydrogen-bond donors (Lipinski definition) is 0. The highest BCUT2D eigenvalue weighted by atomic mass is 32.2. The van der Waals surface area contributed by atoms with Crippen LogP contribution < -0.4 is 9.04 Å².